The van der Waals surface area contributed by atoms with Gasteiger partial charge in [-0.05, 0) is 32.4 Å². The zero-order valence-electron chi connectivity index (χ0n) is 9.81. The highest BCUT2D eigenvalue weighted by Crippen LogP contribution is 2.31. The van der Waals surface area contributed by atoms with Crippen molar-refractivity contribution in [3.63, 3.8) is 0 Å². The quantitative estimate of drug-likeness (QED) is 0.676. The van der Waals surface area contributed by atoms with Crippen LogP contribution in [0.1, 0.15) is 11.7 Å². The van der Waals surface area contributed by atoms with Gasteiger partial charge < -0.3 is 4.42 Å². The first kappa shape index (κ1) is 13.0. The number of alkyl halides is 3. The van der Waals surface area contributed by atoms with Crippen LogP contribution < -0.4 is 0 Å². The number of hydrogen-bond acceptors (Lipinski definition) is 5. The molecule has 10 heteroatoms. The molecule has 0 aliphatic heterocycles. The lowest BCUT2D eigenvalue weighted by molar-refractivity contribution is -0.146. The lowest BCUT2D eigenvalue weighted by atomic mass is 10.3. The summed E-state index contributed by atoms with van der Waals surface area (Å²) in [5.74, 6) is -0.800. The number of tetrazole rings is 1. The monoisotopic (exact) mass is 347 g/mol. The second-order valence-corrected chi connectivity index (χ2v) is 4.77. The summed E-state index contributed by atoms with van der Waals surface area (Å²) >= 11 is 3.24. The molecule has 0 atom stereocenters. The molecule has 0 amide bonds. The van der Waals surface area contributed by atoms with Crippen LogP contribution in [0, 0.1) is 6.92 Å². The van der Waals surface area contributed by atoms with Crippen molar-refractivity contribution in [1.82, 2.24) is 25.2 Å². The van der Waals surface area contributed by atoms with Gasteiger partial charge in [0.2, 0.25) is 0 Å². The van der Waals surface area contributed by atoms with Gasteiger partial charge in [0.1, 0.15) is 5.52 Å². The van der Waals surface area contributed by atoms with Crippen LogP contribution in [0.3, 0.4) is 0 Å². The topological polar surface area (TPSA) is 69.6 Å². The lowest BCUT2D eigenvalue weighted by Gasteiger charge is -2.07. The minimum absolute atomic E-state index is 0.123. The Morgan fingerprint density at radius 1 is 1.30 bits per heavy atom. The molecule has 0 unspecified atom stereocenters. The Balaban J connectivity index is 2.23. The minimum Gasteiger partial charge on any atom is -0.441 e. The number of aryl methyl sites for hydroxylation is 1. The molecule has 0 spiro atoms. The SMILES string of the molecule is Cc1nc2c(Br)cc(-n3nnnc3C(F)(F)F)cc2o1. The third-order valence-corrected chi connectivity index (χ3v) is 3.11. The second kappa shape index (κ2) is 4.27. The van der Waals surface area contributed by atoms with Gasteiger partial charge in [0, 0.05) is 17.5 Å². The fourth-order valence-electron chi connectivity index (χ4n) is 1.75. The van der Waals surface area contributed by atoms with Gasteiger partial charge in [-0.2, -0.15) is 17.9 Å². The van der Waals surface area contributed by atoms with E-state index in [9.17, 15) is 13.2 Å². The molecule has 104 valence electrons. The van der Waals surface area contributed by atoms with Crippen molar-refractivity contribution in [3.8, 4) is 5.69 Å². The van der Waals surface area contributed by atoms with Gasteiger partial charge in [-0.25, -0.2) is 4.98 Å². The predicted octanol–water partition coefficient (Wildman–Crippen LogP) is 2.89. The van der Waals surface area contributed by atoms with E-state index in [1.807, 2.05) is 0 Å². The van der Waals surface area contributed by atoms with E-state index in [0.717, 1.165) is 0 Å². The van der Waals surface area contributed by atoms with Crippen LogP contribution in [0.2, 0.25) is 0 Å². The Bertz CT molecular complexity index is 794. The summed E-state index contributed by atoms with van der Waals surface area (Å²) in [6.07, 6.45) is -4.65. The Morgan fingerprint density at radius 2 is 2.05 bits per heavy atom. The van der Waals surface area contributed by atoms with Gasteiger partial charge in [0.25, 0.3) is 5.82 Å². The van der Waals surface area contributed by atoms with Crippen molar-refractivity contribution in [2.45, 2.75) is 13.1 Å². The summed E-state index contributed by atoms with van der Waals surface area (Å²) < 4.78 is 44.7. The average molecular weight is 348 g/mol. The number of aromatic nitrogens is 5. The largest absolute Gasteiger partial charge is 0.453 e. The van der Waals surface area contributed by atoms with E-state index in [0.29, 0.717) is 26.1 Å². The Hall–Kier alpha value is -1.97. The summed E-state index contributed by atoms with van der Waals surface area (Å²) in [7, 11) is 0. The number of fused-ring (bicyclic) bond motifs is 1. The molecule has 1 aromatic carbocycles. The summed E-state index contributed by atoms with van der Waals surface area (Å²) in [4.78, 5) is 4.11. The van der Waals surface area contributed by atoms with Crippen LogP contribution >= 0.6 is 15.9 Å². The smallest absolute Gasteiger partial charge is 0.441 e. The summed E-state index contributed by atoms with van der Waals surface area (Å²) in [5.41, 5.74) is 0.987. The first-order valence-electron chi connectivity index (χ1n) is 5.29. The first-order chi connectivity index (χ1) is 9.36. The van der Waals surface area contributed by atoms with Gasteiger partial charge in [0.15, 0.2) is 11.5 Å². The Labute approximate surface area is 117 Å². The van der Waals surface area contributed by atoms with Crippen LogP contribution in [0.15, 0.2) is 21.0 Å². The molecule has 3 rings (SSSR count). The van der Waals surface area contributed by atoms with Crippen molar-refractivity contribution in [2.24, 2.45) is 0 Å². The fraction of sp³-hybridized carbons (Fsp3) is 0.200. The highest BCUT2D eigenvalue weighted by molar-refractivity contribution is 9.10. The molecule has 0 bridgehead atoms. The Kier molecular flexibility index (Phi) is 2.78. The number of benzene rings is 1. The number of rotatable bonds is 1. The van der Waals surface area contributed by atoms with E-state index in [4.69, 9.17) is 4.42 Å². The van der Waals surface area contributed by atoms with Gasteiger partial charge in [-0.15, -0.1) is 5.10 Å². The van der Waals surface area contributed by atoms with E-state index < -0.39 is 12.0 Å². The second-order valence-electron chi connectivity index (χ2n) is 3.92. The highest BCUT2D eigenvalue weighted by Gasteiger charge is 2.38. The van der Waals surface area contributed by atoms with Crippen molar-refractivity contribution >= 4 is 27.0 Å². The molecular weight excluding hydrogens is 343 g/mol. The Morgan fingerprint density at radius 3 is 2.75 bits per heavy atom. The molecule has 3 aromatic rings. The third kappa shape index (κ3) is 2.05. The van der Waals surface area contributed by atoms with Gasteiger partial charge in [0.05, 0.1) is 5.69 Å². The van der Waals surface area contributed by atoms with Crippen LogP contribution in [0.25, 0.3) is 16.8 Å². The van der Waals surface area contributed by atoms with Crippen molar-refractivity contribution in [1.29, 1.82) is 0 Å². The molecule has 0 saturated carbocycles. The molecule has 6 nitrogen and oxygen atoms in total. The number of halogens is 4. The maximum atomic E-state index is 12.8. The molecule has 0 aliphatic rings. The molecular formula is C10H5BrF3N5O. The molecule has 0 saturated heterocycles. The third-order valence-electron chi connectivity index (χ3n) is 2.51. The molecule has 2 heterocycles. The molecule has 0 fully saturated rings. The van der Waals surface area contributed by atoms with E-state index in [1.54, 1.807) is 6.92 Å². The molecule has 20 heavy (non-hydrogen) atoms. The van der Waals surface area contributed by atoms with Crippen LogP contribution in [0.4, 0.5) is 13.2 Å². The van der Waals surface area contributed by atoms with Gasteiger partial charge in [-0.3, -0.25) is 0 Å². The number of hydrogen-bond donors (Lipinski definition) is 0. The lowest BCUT2D eigenvalue weighted by Crippen LogP contribution is -2.14. The summed E-state index contributed by atoms with van der Waals surface area (Å²) in [6.45, 7) is 1.64. The maximum absolute atomic E-state index is 12.8. The zero-order valence-corrected chi connectivity index (χ0v) is 11.4. The van der Waals surface area contributed by atoms with Crippen molar-refractivity contribution in [3.05, 3.63) is 28.3 Å². The van der Waals surface area contributed by atoms with E-state index in [2.05, 4.69) is 36.4 Å². The van der Waals surface area contributed by atoms with Crippen molar-refractivity contribution in [2.75, 3.05) is 0 Å². The number of nitrogens with zero attached hydrogens (tertiary/aromatic N) is 5. The van der Waals surface area contributed by atoms with Crippen LogP contribution in [-0.2, 0) is 6.18 Å². The molecule has 0 N–H and O–H groups in total. The maximum Gasteiger partial charge on any atom is 0.453 e. The molecule has 0 radical (unpaired) electrons. The first-order valence-corrected chi connectivity index (χ1v) is 6.08. The van der Waals surface area contributed by atoms with Crippen LogP contribution in [-0.4, -0.2) is 25.2 Å². The zero-order chi connectivity index (χ0) is 14.5. The molecule has 0 aliphatic carbocycles. The van der Waals surface area contributed by atoms with Gasteiger partial charge >= 0.3 is 6.18 Å². The van der Waals surface area contributed by atoms with Crippen LogP contribution in [0.5, 0.6) is 0 Å². The van der Waals surface area contributed by atoms with Gasteiger partial charge in [-0.1, -0.05) is 0 Å². The minimum atomic E-state index is -4.65. The summed E-state index contributed by atoms with van der Waals surface area (Å²) in [5, 5.41) is 9.42. The predicted molar refractivity (Wildman–Crippen MR) is 64.2 cm³/mol. The van der Waals surface area contributed by atoms with Crippen molar-refractivity contribution < 1.29 is 17.6 Å². The normalized spacial score (nSPS) is 12.2. The van der Waals surface area contributed by atoms with E-state index >= 15 is 0 Å². The highest BCUT2D eigenvalue weighted by atomic mass is 79.9. The standard InChI is InChI=1S/C10H5BrF3N5O/c1-4-15-8-6(11)2-5(3-7(8)20-4)19-9(10(12,13)14)16-17-18-19/h2-3H,1H3. The summed E-state index contributed by atoms with van der Waals surface area (Å²) in [6, 6.07) is 2.83. The molecule has 2 aromatic heterocycles. The fourth-order valence-corrected chi connectivity index (χ4v) is 2.26. The number of oxazole rings is 1. The average Bonchev–Trinajstić information content (AvgIpc) is 2.93. The van der Waals surface area contributed by atoms with E-state index in [1.165, 1.54) is 12.1 Å². The van der Waals surface area contributed by atoms with E-state index in [-0.39, 0.29) is 5.69 Å².